The van der Waals surface area contributed by atoms with Gasteiger partial charge in [0.15, 0.2) is 11.5 Å². The van der Waals surface area contributed by atoms with E-state index >= 15 is 0 Å². The van der Waals surface area contributed by atoms with Gasteiger partial charge in [0, 0.05) is 18.1 Å². The number of carboxylic acid groups (broad SMARTS) is 1. The summed E-state index contributed by atoms with van der Waals surface area (Å²) in [7, 11) is 0. The van der Waals surface area contributed by atoms with Gasteiger partial charge in [-0.15, -0.1) is 0 Å². The SMILES string of the molecule is C[C@@H](Nc1nc(C(=O)O)nc2nc(N3C4CCC3CC(c3ccccc3)C4)n(Cc3ccc(C(F)(F)F)cc3)c12)C1CCC1. The summed E-state index contributed by atoms with van der Waals surface area (Å²) in [5, 5.41) is 13.3. The van der Waals surface area contributed by atoms with E-state index in [1.54, 1.807) is 0 Å². The van der Waals surface area contributed by atoms with Crippen molar-refractivity contribution in [3.63, 3.8) is 0 Å². The van der Waals surface area contributed by atoms with Crippen molar-refractivity contribution in [2.45, 2.75) is 88.6 Å². The smallest absolute Gasteiger partial charge is 0.416 e. The fourth-order valence-corrected chi connectivity index (χ4v) is 7.32. The number of aromatic nitrogens is 4. The number of halogens is 3. The summed E-state index contributed by atoms with van der Waals surface area (Å²) in [6.45, 7) is 2.31. The maximum absolute atomic E-state index is 13.3. The Balaban J connectivity index is 1.33. The van der Waals surface area contributed by atoms with Gasteiger partial charge in [0.1, 0.15) is 5.52 Å². The summed E-state index contributed by atoms with van der Waals surface area (Å²) in [5.74, 6) is 0.355. The lowest BCUT2D eigenvalue weighted by Gasteiger charge is -2.40. The molecule has 4 aromatic rings. The highest BCUT2D eigenvalue weighted by atomic mass is 19.4. The monoisotopic (exact) mass is 604 g/mol. The van der Waals surface area contributed by atoms with Gasteiger partial charge < -0.3 is 19.9 Å². The van der Waals surface area contributed by atoms with Crippen LogP contribution in [0, 0.1) is 5.92 Å². The lowest BCUT2D eigenvalue weighted by molar-refractivity contribution is -0.137. The van der Waals surface area contributed by atoms with Crippen LogP contribution in [0.25, 0.3) is 11.2 Å². The van der Waals surface area contributed by atoms with E-state index in [0.29, 0.717) is 34.7 Å². The molecule has 8 nitrogen and oxygen atoms in total. The van der Waals surface area contributed by atoms with Crippen LogP contribution in [0.1, 0.15) is 85.1 Å². The van der Waals surface area contributed by atoms with Crippen LogP contribution in [0.3, 0.4) is 0 Å². The number of aromatic carboxylic acids is 1. The number of hydrogen-bond acceptors (Lipinski definition) is 6. The van der Waals surface area contributed by atoms with Crippen LogP contribution >= 0.6 is 0 Å². The van der Waals surface area contributed by atoms with Crippen molar-refractivity contribution < 1.29 is 23.1 Å². The number of alkyl halides is 3. The van der Waals surface area contributed by atoms with Gasteiger partial charge in [-0.25, -0.2) is 14.8 Å². The summed E-state index contributed by atoms with van der Waals surface area (Å²) in [5.41, 5.74) is 2.14. The van der Waals surface area contributed by atoms with Gasteiger partial charge >= 0.3 is 12.1 Å². The minimum Gasteiger partial charge on any atom is -0.475 e. The molecule has 7 rings (SSSR count). The van der Waals surface area contributed by atoms with Crippen molar-refractivity contribution in [3.05, 3.63) is 77.1 Å². The number of imidazole rings is 1. The topological polar surface area (TPSA) is 96.2 Å². The summed E-state index contributed by atoms with van der Waals surface area (Å²) in [4.78, 5) is 28.2. The van der Waals surface area contributed by atoms with E-state index < -0.39 is 17.7 Å². The molecule has 1 saturated carbocycles. The molecule has 2 aliphatic heterocycles. The number of fused-ring (bicyclic) bond motifs is 3. The maximum atomic E-state index is 13.3. The predicted octanol–water partition coefficient (Wildman–Crippen LogP) is 7.11. The van der Waals surface area contributed by atoms with Crippen LogP contribution in [0.5, 0.6) is 0 Å². The minimum absolute atomic E-state index is 0.0548. The number of hydrogen-bond donors (Lipinski definition) is 2. The van der Waals surface area contributed by atoms with E-state index in [0.717, 1.165) is 57.1 Å². The van der Waals surface area contributed by atoms with Gasteiger partial charge in [-0.2, -0.15) is 18.2 Å². The lowest BCUT2D eigenvalue weighted by Crippen LogP contribution is -2.44. The number of carboxylic acids is 1. The quantitative estimate of drug-likeness (QED) is 0.221. The molecule has 2 aromatic heterocycles. The molecule has 2 unspecified atom stereocenters. The van der Waals surface area contributed by atoms with Gasteiger partial charge in [-0.05, 0) is 80.5 Å². The Bertz CT molecular complexity index is 1660. The van der Waals surface area contributed by atoms with Crippen molar-refractivity contribution in [1.82, 2.24) is 19.5 Å². The van der Waals surface area contributed by atoms with Gasteiger partial charge in [0.05, 0.1) is 12.1 Å². The number of benzene rings is 2. The maximum Gasteiger partial charge on any atom is 0.416 e. The molecule has 1 aliphatic carbocycles. The molecule has 2 aromatic carbocycles. The van der Waals surface area contributed by atoms with Gasteiger partial charge in [0.25, 0.3) is 0 Å². The molecule has 11 heteroatoms. The third-order valence-corrected chi connectivity index (χ3v) is 9.85. The van der Waals surface area contributed by atoms with Crippen molar-refractivity contribution in [1.29, 1.82) is 0 Å². The molecular formula is C33H35F3N6O2. The normalized spacial score (nSPS) is 22.6. The largest absolute Gasteiger partial charge is 0.475 e. The zero-order chi connectivity index (χ0) is 30.6. The Morgan fingerprint density at radius 2 is 1.66 bits per heavy atom. The summed E-state index contributed by atoms with van der Waals surface area (Å²) < 4.78 is 42.0. The van der Waals surface area contributed by atoms with Crippen molar-refractivity contribution in [2.75, 3.05) is 10.2 Å². The highest BCUT2D eigenvalue weighted by molar-refractivity contribution is 5.92. The number of rotatable bonds is 8. The molecule has 0 spiro atoms. The van der Waals surface area contributed by atoms with Crippen LogP contribution in [0.4, 0.5) is 24.9 Å². The Hall–Kier alpha value is -4.15. The van der Waals surface area contributed by atoms with Crippen LogP contribution < -0.4 is 10.2 Å². The predicted molar refractivity (Wildman–Crippen MR) is 161 cm³/mol. The first-order chi connectivity index (χ1) is 21.2. The van der Waals surface area contributed by atoms with Crippen LogP contribution in [-0.2, 0) is 12.7 Å². The van der Waals surface area contributed by atoms with E-state index in [4.69, 9.17) is 4.98 Å². The van der Waals surface area contributed by atoms with Gasteiger partial charge in [0.2, 0.25) is 11.8 Å². The number of nitrogens with zero attached hydrogens (tertiary/aromatic N) is 5. The highest BCUT2D eigenvalue weighted by Crippen LogP contribution is 2.46. The molecule has 0 amide bonds. The van der Waals surface area contributed by atoms with Crippen LogP contribution in [-0.4, -0.2) is 48.7 Å². The van der Waals surface area contributed by atoms with Crippen molar-refractivity contribution in [3.8, 4) is 0 Å². The molecule has 2 bridgehead atoms. The van der Waals surface area contributed by atoms with Gasteiger partial charge in [-0.3, -0.25) is 0 Å². The fourth-order valence-electron chi connectivity index (χ4n) is 7.32. The third kappa shape index (κ3) is 5.26. The first kappa shape index (κ1) is 28.6. The third-order valence-electron chi connectivity index (χ3n) is 9.85. The first-order valence-corrected chi connectivity index (χ1v) is 15.4. The molecule has 3 fully saturated rings. The van der Waals surface area contributed by atoms with E-state index in [2.05, 4.69) is 51.4 Å². The van der Waals surface area contributed by atoms with Crippen LogP contribution in [0.15, 0.2) is 54.6 Å². The number of carbonyl (C=O) groups is 1. The second kappa shape index (κ2) is 11.1. The van der Waals surface area contributed by atoms with E-state index in [1.807, 2.05) is 10.6 Å². The Labute approximate surface area is 253 Å². The molecular weight excluding hydrogens is 569 g/mol. The fraction of sp³-hybridized carbons (Fsp3) is 0.455. The molecule has 2 N–H and O–H groups in total. The first-order valence-electron chi connectivity index (χ1n) is 15.4. The summed E-state index contributed by atoms with van der Waals surface area (Å²) in [6.07, 6.45) is 2.84. The van der Waals surface area contributed by atoms with E-state index in [-0.39, 0.29) is 36.1 Å². The lowest BCUT2D eigenvalue weighted by atomic mass is 9.80. The van der Waals surface area contributed by atoms with Gasteiger partial charge in [-0.1, -0.05) is 48.9 Å². The Morgan fingerprint density at radius 1 is 0.977 bits per heavy atom. The molecule has 2 saturated heterocycles. The molecule has 3 aliphatic rings. The average Bonchev–Trinajstić information content (AvgIpc) is 3.44. The average molecular weight is 605 g/mol. The second-order valence-electron chi connectivity index (χ2n) is 12.6. The minimum atomic E-state index is -4.43. The zero-order valence-corrected chi connectivity index (χ0v) is 24.5. The molecule has 230 valence electrons. The summed E-state index contributed by atoms with van der Waals surface area (Å²) in [6, 6.07) is 16.2. The molecule has 3 atom stereocenters. The second-order valence-corrected chi connectivity index (χ2v) is 12.6. The number of nitrogens with one attached hydrogen (secondary N) is 1. The summed E-state index contributed by atoms with van der Waals surface area (Å²) >= 11 is 0. The Morgan fingerprint density at radius 3 is 2.25 bits per heavy atom. The molecule has 44 heavy (non-hydrogen) atoms. The highest BCUT2D eigenvalue weighted by Gasteiger charge is 2.43. The van der Waals surface area contributed by atoms with E-state index in [9.17, 15) is 23.1 Å². The number of anilines is 2. The standard InChI is InChI=1S/C33H35F3N6O2/c1-19(21-8-5-9-21)37-28-27-29(39-30(38-28)31(43)44)40-32(41(27)18-20-10-12-24(13-11-20)33(34,35)36)42-25-14-15-26(42)17-23(16-25)22-6-3-2-4-7-22/h2-4,6-7,10-13,19,21,23,25-26H,5,8-9,14-18H2,1H3,(H,43,44)(H,37,38,39)/t19-,23?,25?,26?/m1/s1. The Kier molecular flexibility index (Phi) is 7.21. The van der Waals surface area contributed by atoms with Crippen LogP contribution in [0.2, 0.25) is 0 Å². The molecule has 0 radical (unpaired) electrons. The van der Waals surface area contributed by atoms with E-state index in [1.165, 1.54) is 17.7 Å². The molecule has 4 heterocycles. The van der Waals surface area contributed by atoms with Crippen molar-refractivity contribution in [2.24, 2.45) is 5.92 Å². The van der Waals surface area contributed by atoms with Crippen molar-refractivity contribution >= 4 is 28.9 Å². The number of piperidine rings is 1. The zero-order valence-electron chi connectivity index (χ0n) is 24.5.